The third kappa shape index (κ3) is 5.33. The summed E-state index contributed by atoms with van der Waals surface area (Å²) >= 11 is 0. The Hall–Kier alpha value is -1.64. The summed E-state index contributed by atoms with van der Waals surface area (Å²) in [6, 6.07) is 17.3. The molecule has 0 bridgehead atoms. The van der Waals surface area contributed by atoms with E-state index in [1.165, 1.54) is 16.7 Å². The molecular weight excluding hydrogens is 258 g/mol. The molecule has 2 nitrogen and oxygen atoms in total. The van der Waals surface area contributed by atoms with Gasteiger partial charge in [0.25, 0.3) is 0 Å². The molecule has 2 aromatic carbocycles. The molecule has 0 radical (unpaired) electrons. The normalized spacial score (nSPS) is 12.3. The molecule has 0 saturated carbocycles. The molecule has 0 aliphatic rings. The van der Waals surface area contributed by atoms with Crippen LogP contribution < -0.4 is 5.32 Å². The Bertz CT molecular complexity index is 548. The van der Waals surface area contributed by atoms with Gasteiger partial charge in [-0.05, 0) is 43.4 Å². The molecule has 0 heterocycles. The quantitative estimate of drug-likeness (QED) is 0.814. The average Bonchev–Trinajstić information content (AvgIpc) is 2.51. The van der Waals surface area contributed by atoms with Crippen LogP contribution in [0.5, 0.6) is 0 Å². The van der Waals surface area contributed by atoms with Crippen molar-refractivity contribution in [2.24, 2.45) is 0 Å². The molecule has 0 amide bonds. The molecule has 0 saturated heterocycles. The van der Waals surface area contributed by atoms with E-state index in [9.17, 15) is 0 Å². The maximum Gasteiger partial charge on any atom is 0.0681 e. The number of aliphatic hydroxyl groups is 1. The van der Waals surface area contributed by atoms with Crippen LogP contribution >= 0.6 is 0 Å². The summed E-state index contributed by atoms with van der Waals surface area (Å²) in [5.74, 6) is 0. The summed E-state index contributed by atoms with van der Waals surface area (Å²) in [4.78, 5) is 0. The van der Waals surface area contributed by atoms with E-state index in [4.69, 9.17) is 5.11 Å². The number of nitrogens with one attached hydrogen (secondary N) is 1. The lowest BCUT2D eigenvalue weighted by Crippen LogP contribution is -2.25. The summed E-state index contributed by atoms with van der Waals surface area (Å²) in [6.07, 6.45) is 2.25. The topological polar surface area (TPSA) is 32.3 Å². The van der Waals surface area contributed by atoms with Gasteiger partial charge in [-0.1, -0.05) is 54.1 Å². The Labute approximate surface area is 127 Å². The van der Waals surface area contributed by atoms with E-state index in [0.29, 0.717) is 6.04 Å². The van der Waals surface area contributed by atoms with Crippen molar-refractivity contribution >= 4 is 0 Å². The minimum atomic E-state index is 0.112. The van der Waals surface area contributed by atoms with Crippen LogP contribution in [-0.4, -0.2) is 11.1 Å². The maximum atomic E-state index is 9.03. The largest absolute Gasteiger partial charge is 0.392 e. The summed E-state index contributed by atoms with van der Waals surface area (Å²) < 4.78 is 0. The number of aryl methyl sites for hydroxylation is 2. The fourth-order valence-electron chi connectivity index (χ4n) is 2.41. The smallest absolute Gasteiger partial charge is 0.0681 e. The first-order chi connectivity index (χ1) is 10.2. The average molecular weight is 283 g/mol. The van der Waals surface area contributed by atoms with Gasteiger partial charge >= 0.3 is 0 Å². The van der Waals surface area contributed by atoms with Crippen molar-refractivity contribution in [3.63, 3.8) is 0 Å². The molecule has 0 aromatic heterocycles. The molecule has 2 rings (SSSR count). The standard InChI is InChI=1S/C19H25NO/c1-15-4-3-5-17(12-15)7-6-16(2)20-13-18-8-10-19(14-21)11-9-18/h3-5,8-12,16,20-21H,6-7,13-14H2,1-2H3. The summed E-state index contributed by atoms with van der Waals surface area (Å²) in [5.41, 5.74) is 4.97. The highest BCUT2D eigenvalue weighted by molar-refractivity contribution is 5.23. The van der Waals surface area contributed by atoms with Crippen LogP contribution in [0.25, 0.3) is 0 Å². The number of benzene rings is 2. The van der Waals surface area contributed by atoms with Crippen LogP contribution in [0.15, 0.2) is 48.5 Å². The molecule has 2 N–H and O–H groups in total. The van der Waals surface area contributed by atoms with Crippen LogP contribution in [0.4, 0.5) is 0 Å². The SMILES string of the molecule is Cc1cccc(CCC(C)NCc2ccc(CO)cc2)c1. The van der Waals surface area contributed by atoms with Gasteiger partial charge in [0.15, 0.2) is 0 Å². The van der Waals surface area contributed by atoms with Gasteiger partial charge in [0.1, 0.15) is 0 Å². The Kier molecular flexibility index (Phi) is 5.97. The van der Waals surface area contributed by atoms with E-state index in [1.54, 1.807) is 0 Å². The lowest BCUT2D eigenvalue weighted by molar-refractivity contribution is 0.282. The van der Waals surface area contributed by atoms with Gasteiger partial charge in [-0.25, -0.2) is 0 Å². The van der Waals surface area contributed by atoms with Crippen molar-refractivity contribution in [2.75, 3.05) is 0 Å². The second kappa shape index (κ2) is 7.96. The Morgan fingerprint density at radius 3 is 2.38 bits per heavy atom. The lowest BCUT2D eigenvalue weighted by atomic mass is 10.0. The van der Waals surface area contributed by atoms with E-state index in [-0.39, 0.29) is 6.61 Å². The first-order valence-corrected chi connectivity index (χ1v) is 7.65. The first-order valence-electron chi connectivity index (χ1n) is 7.65. The molecule has 2 aromatic rings. The highest BCUT2D eigenvalue weighted by atomic mass is 16.3. The zero-order chi connectivity index (χ0) is 15.1. The number of hydrogen-bond acceptors (Lipinski definition) is 2. The van der Waals surface area contributed by atoms with Crippen molar-refractivity contribution in [1.29, 1.82) is 0 Å². The van der Waals surface area contributed by atoms with Crippen molar-refractivity contribution in [1.82, 2.24) is 5.32 Å². The highest BCUT2D eigenvalue weighted by Crippen LogP contribution is 2.09. The van der Waals surface area contributed by atoms with Crippen LogP contribution in [0, 0.1) is 6.92 Å². The van der Waals surface area contributed by atoms with E-state index in [1.807, 2.05) is 12.1 Å². The van der Waals surface area contributed by atoms with Crippen molar-refractivity contribution in [2.45, 2.75) is 45.9 Å². The predicted molar refractivity (Wildman–Crippen MR) is 88.2 cm³/mol. The van der Waals surface area contributed by atoms with Crippen LogP contribution in [0.1, 0.15) is 35.6 Å². The second-order valence-electron chi connectivity index (χ2n) is 5.78. The second-order valence-corrected chi connectivity index (χ2v) is 5.78. The zero-order valence-electron chi connectivity index (χ0n) is 13.0. The number of aliphatic hydroxyl groups excluding tert-OH is 1. The molecule has 0 aliphatic heterocycles. The van der Waals surface area contributed by atoms with Crippen LogP contribution in [0.3, 0.4) is 0 Å². The fraction of sp³-hybridized carbons (Fsp3) is 0.368. The van der Waals surface area contributed by atoms with Crippen LogP contribution in [0.2, 0.25) is 0 Å². The fourth-order valence-corrected chi connectivity index (χ4v) is 2.41. The van der Waals surface area contributed by atoms with Gasteiger partial charge in [-0.15, -0.1) is 0 Å². The van der Waals surface area contributed by atoms with Crippen molar-refractivity contribution in [3.05, 3.63) is 70.8 Å². The van der Waals surface area contributed by atoms with E-state index < -0.39 is 0 Å². The number of rotatable bonds is 7. The summed E-state index contributed by atoms with van der Waals surface area (Å²) in [5, 5.41) is 12.6. The summed E-state index contributed by atoms with van der Waals surface area (Å²) in [7, 11) is 0. The Balaban J connectivity index is 1.75. The third-order valence-corrected chi connectivity index (χ3v) is 3.81. The van der Waals surface area contributed by atoms with Crippen molar-refractivity contribution in [3.8, 4) is 0 Å². The molecule has 0 aliphatic carbocycles. The third-order valence-electron chi connectivity index (χ3n) is 3.81. The molecule has 21 heavy (non-hydrogen) atoms. The molecule has 0 fully saturated rings. The van der Waals surface area contributed by atoms with Crippen molar-refractivity contribution < 1.29 is 5.11 Å². The Morgan fingerprint density at radius 1 is 1.00 bits per heavy atom. The van der Waals surface area contributed by atoms with Crippen LogP contribution in [-0.2, 0) is 19.6 Å². The minimum Gasteiger partial charge on any atom is -0.392 e. The number of hydrogen-bond donors (Lipinski definition) is 2. The van der Waals surface area contributed by atoms with Gasteiger partial charge in [0.2, 0.25) is 0 Å². The summed E-state index contributed by atoms with van der Waals surface area (Å²) in [6.45, 7) is 5.36. The predicted octanol–water partition coefficient (Wildman–Crippen LogP) is 3.60. The first kappa shape index (κ1) is 15.7. The molecule has 0 spiro atoms. The van der Waals surface area contributed by atoms with Gasteiger partial charge in [-0.2, -0.15) is 0 Å². The van der Waals surface area contributed by atoms with E-state index >= 15 is 0 Å². The van der Waals surface area contributed by atoms with Gasteiger partial charge in [-0.3, -0.25) is 0 Å². The molecular formula is C19H25NO. The van der Waals surface area contributed by atoms with E-state index in [0.717, 1.165) is 24.9 Å². The maximum absolute atomic E-state index is 9.03. The zero-order valence-corrected chi connectivity index (χ0v) is 13.0. The van der Waals surface area contributed by atoms with Gasteiger partial charge in [0, 0.05) is 12.6 Å². The lowest BCUT2D eigenvalue weighted by Gasteiger charge is -2.14. The highest BCUT2D eigenvalue weighted by Gasteiger charge is 2.03. The van der Waals surface area contributed by atoms with Gasteiger partial charge in [0.05, 0.1) is 6.61 Å². The molecule has 1 unspecified atom stereocenters. The monoisotopic (exact) mass is 283 g/mol. The molecule has 112 valence electrons. The molecule has 2 heteroatoms. The minimum absolute atomic E-state index is 0.112. The molecule has 1 atom stereocenters. The van der Waals surface area contributed by atoms with E-state index in [2.05, 4.69) is 55.6 Å². The van der Waals surface area contributed by atoms with Gasteiger partial charge < -0.3 is 10.4 Å². The Morgan fingerprint density at radius 2 is 1.71 bits per heavy atom.